The molecule has 0 heterocycles. The minimum Gasteiger partial charge on any atom is -0.458 e. The highest BCUT2D eigenvalue weighted by Crippen LogP contribution is 1.73. The highest BCUT2D eigenvalue weighted by Gasteiger charge is 1.93. The Morgan fingerprint density at radius 3 is 2.60 bits per heavy atom. The third-order valence-corrected chi connectivity index (χ3v) is 0.921. The maximum Gasteiger partial charge on any atom is 0.346 e. The van der Waals surface area contributed by atoms with E-state index in [1.165, 1.54) is 6.08 Å². The summed E-state index contributed by atoms with van der Waals surface area (Å²) < 4.78 is 23.9. The Hall–Kier alpha value is -1.10. The Kier molecular flexibility index (Phi) is 4.23. The van der Waals surface area contributed by atoms with Crippen LogP contribution < -0.4 is 0 Å². The second-order valence-electron chi connectivity index (χ2n) is 1.30. The van der Waals surface area contributed by atoms with Gasteiger partial charge in [0.05, 0.1) is 0 Å². The number of carbonyl (C=O) groups excluding carboxylic acids is 1. The van der Waals surface area contributed by atoms with Gasteiger partial charge in [-0.3, -0.25) is 0 Å². The van der Waals surface area contributed by atoms with E-state index in [1.54, 1.807) is 0 Å². The van der Waals surface area contributed by atoms with Gasteiger partial charge < -0.3 is 4.74 Å². The third-order valence-electron chi connectivity index (χ3n) is 0.536. The molecule has 0 radical (unpaired) electrons. The van der Waals surface area contributed by atoms with E-state index in [9.17, 15) is 13.2 Å². The molecule has 10 heavy (non-hydrogen) atoms. The lowest BCUT2D eigenvalue weighted by Gasteiger charge is -1.91. The molecule has 56 valence electrons. The lowest BCUT2D eigenvalue weighted by atomic mass is 10.7. The highest BCUT2D eigenvalue weighted by atomic mass is 32.2. The van der Waals surface area contributed by atoms with Crippen LogP contribution in [-0.4, -0.2) is 26.4 Å². The molecule has 0 spiro atoms. The maximum atomic E-state index is 10.3. The van der Waals surface area contributed by atoms with Crippen LogP contribution in [0, 0.1) is 0 Å². The summed E-state index contributed by atoms with van der Waals surface area (Å²) in [7, 11) is -2.48. The molecule has 0 aliphatic rings. The number of hydrogen-bond donors (Lipinski definition) is 0. The molecule has 0 aromatic rings. The first kappa shape index (κ1) is 8.90. The van der Waals surface area contributed by atoms with Crippen molar-refractivity contribution in [1.82, 2.24) is 0 Å². The molecule has 0 N–H and O–H groups in total. The molecular weight excluding hydrogens is 156 g/mol. The number of rotatable bonds is 3. The number of esters is 1. The molecule has 0 aliphatic carbocycles. The van der Waals surface area contributed by atoms with Crippen molar-refractivity contribution in [3.05, 3.63) is 12.7 Å². The molecule has 0 amide bonds. The van der Waals surface area contributed by atoms with Crippen LogP contribution in [-0.2, 0) is 19.8 Å². The molecule has 0 bridgehead atoms. The predicted octanol–water partition coefficient (Wildman–Crippen LogP) is -0.603. The lowest BCUT2D eigenvalue weighted by molar-refractivity contribution is -0.133. The first-order chi connectivity index (χ1) is 4.66. The molecule has 5 heteroatoms. The minimum absolute atomic E-state index is 0.0204. The maximum absolute atomic E-state index is 10.3. The Bertz CT molecular complexity index is 241. The van der Waals surface area contributed by atoms with Crippen LogP contribution in [0.25, 0.3) is 0 Å². The molecule has 0 aliphatic heterocycles. The average Bonchev–Trinajstić information content (AvgIpc) is 1.82. The SMILES string of the molecule is C=CCOC(=O)C=S(=O)=O. The van der Waals surface area contributed by atoms with Gasteiger partial charge in [0.2, 0.25) is 10.3 Å². The molecule has 0 unspecified atom stereocenters. The van der Waals surface area contributed by atoms with Crippen molar-refractivity contribution in [2.75, 3.05) is 6.61 Å². The van der Waals surface area contributed by atoms with Crippen molar-refractivity contribution in [3.8, 4) is 0 Å². The van der Waals surface area contributed by atoms with Gasteiger partial charge in [-0.2, -0.15) is 8.42 Å². The smallest absolute Gasteiger partial charge is 0.346 e. The Morgan fingerprint density at radius 2 is 2.20 bits per heavy atom. The predicted molar refractivity (Wildman–Crippen MR) is 36.1 cm³/mol. The quantitative estimate of drug-likeness (QED) is 0.316. The van der Waals surface area contributed by atoms with Crippen molar-refractivity contribution >= 4 is 21.6 Å². The zero-order valence-corrected chi connectivity index (χ0v) is 5.93. The second kappa shape index (κ2) is 4.75. The summed E-state index contributed by atoms with van der Waals surface area (Å²) in [6.07, 6.45) is 1.35. The van der Waals surface area contributed by atoms with Crippen molar-refractivity contribution < 1.29 is 17.9 Å². The third kappa shape index (κ3) is 5.04. The number of carbonyl (C=O) groups is 1. The fourth-order valence-corrected chi connectivity index (χ4v) is 0.479. The topological polar surface area (TPSA) is 60.4 Å². The molecule has 4 nitrogen and oxygen atoms in total. The minimum atomic E-state index is -2.48. The summed E-state index contributed by atoms with van der Waals surface area (Å²) >= 11 is 0. The molecule has 0 atom stereocenters. The summed E-state index contributed by atoms with van der Waals surface area (Å²) in [5.74, 6) is -0.881. The van der Waals surface area contributed by atoms with E-state index in [1.807, 2.05) is 0 Å². The van der Waals surface area contributed by atoms with E-state index < -0.39 is 16.3 Å². The zero-order valence-electron chi connectivity index (χ0n) is 5.11. The molecule has 0 saturated heterocycles. The van der Waals surface area contributed by atoms with Crippen molar-refractivity contribution in [3.63, 3.8) is 0 Å². The van der Waals surface area contributed by atoms with E-state index in [4.69, 9.17) is 0 Å². The fourth-order valence-electron chi connectivity index (χ4n) is 0.254. The van der Waals surface area contributed by atoms with Gasteiger partial charge in [-0.25, -0.2) is 4.79 Å². The highest BCUT2D eigenvalue weighted by molar-refractivity contribution is 7.73. The zero-order chi connectivity index (χ0) is 7.98. The molecule has 0 fully saturated rings. The molecule has 0 rings (SSSR count). The van der Waals surface area contributed by atoms with Crippen LogP contribution in [0.5, 0.6) is 0 Å². The Balaban J connectivity index is 3.88. The summed E-state index contributed by atoms with van der Waals surface area (Å²) in [4.78, 5) is 10.3. The fraction of sp³-hybridized carbons (Fsp3) is 0.200. The van der Waals surface area contributed by atoms with E-state index in [0.717, 1.165) is 0 Å². The van der Waals surface area contributed by atoms with Gasteiger partial charge in [-0.1, -0.05) is 12.7 Å². The van der Waals surface area contributed by atoms with Crippen molar-refractivity contribution in [1.29, 1.82) is 0 Å². The van der Waals surface area contributed by atoms with E-state index in [0.29, 0.717) is 5.37 Å². The van der Waals surface area contributed by atoms with Gasteiger partial charge in [0.15, 0.2) is 0 Å². The normalized spacial score (nSPS) is 8.00. The Morgan fingerprint density at radius 1 is 1.60 bits per heavy atom. The number of hydrogen-bond acceptors (Lipinski definition) is 4. The van der Waals surface area contributed by atoms with Crippen LogP contribution in [0.15, 0.2) is 12.7 Å². The summed E-state index contributed by atoms with van der Waals surface area (Å²) in [5, 5.41) is 0.448. The van der Waals surface area contributed by atoms with E-state index >= 15 is 0 Å². The Labute approximate surface area is 59.6 Å². The monoisotopic (exact) mass is 162 g/mol. The average molecular weight is 162 g/mol. The van der Waals surface area contributed by atoms with Crippen LogP contribution >= 0.6 is 0 Å². The summed E-state index contributed by atoms with van der Waals surface area (Å²) in [6.45, 7) is 3.29. The summed E-state index contributed by atoms with van der Waals surface area (Å²) in [6, 6.07) is 0. The lowest BCUT2D eigenvalue weighted by Crippen LogP contribution is -2.05. The molecule has 0 aromatic heterocycles. The van der Waals surface area contributed by atoms with Gasteiger partial charge in [-0.05, 0) is 0 Å². The second-order valence-corrected chi connectivity index (χ2v) is 2.05. The van der Waals surface area contributed by atoms with Crippen LogP contribution in [0.2, 0.25) is 0 Å². The molecule has 0 saturated carbocycles. The molecule has 0 aromatic carbocycles. The largest absolute Gasteiger partial charge is 0.458 e. The van der Waals surface area contributed by atoms with Gasteiger partial charge in [0, 0.05) is 0 Å². The molecular formula is C5H6O4S. The van der Waals surface area contributed by atoms with Crippen molar-refractivity contribution in [2.45, 2.75) is 0 Å². The van der Waals surface area contributed by atoms with Gasteiger partial charge >= 0.3 is 5.97 Å². The van der Waals surface area contributed by atoms with Crippen molar-refractivity contribution in [2.24, 2.45) is 0 Å². The first-order valence-corrected chi connectivity index (χ1v) is 3.51. The number of ether oxygens (including phenoxy) is 1. The van der Waals surface area contributed by atoms with Gasteiger partial charge in [-0.15, -0.1) is 0 Å². The summed E-state index contributed by atoms with van der Waals surface area (Å²) in [5.41, 5.74) is 0. The first-order valence-electron chi connectivity index (χ1n) is 2.37. The standard InChI is InChI=1S/C5H6O4S/c1-2-3-9-5(6)4-10(7)8/h2,4H,1,3H2. The van der Waals surface area contributed by atoms with E-state index in [2.05, 4.69) is 11.3 Å². The van der Waals surface area contributed by atoms with Crippen LogP contribution in [0.1, 0.15) is 0 Å². The van der Waals surface area contributed by atoms with Crippen LogP contribution in [0.3, 0.4) is 0 Å². The van der Waals surface area contributed by atoms with E-state index in [-0.39, 0.29) is 6.61 Å². The van der Waals surface area contributed by atoms with Crippen LogP contribution in [0.4, 0.5) is 0 Å². The van der Waals surface area contributed by atoms with Gasteiger partial charge in [0.25, 0.3) is 0 Å². The van der Waals surface area contributed by atoms with Gasteiger partial charge in [0.1, 0.15) is 12.0 Å².